The van der Waals surface area contributed by atoms with Gasteiger partial charge in [0.05, 0.1) is 17.3 Å². The second kappa shape index (κ2) is 6.10. The predicted octanol–water partition coefficient (Wildman–Crippen LogP) is 2.33. The Morgan fingerprint density at radius 2 is 2.05 bits per heavy atom. The summed E-state index contributed by atoms with van der Waals surface area (Å²) in [5.41, 5.74) is 7.72. The van der Waals surface area contributed by atoms with E-state index in [1.807, 2.05) is 36.5 Å². The summed E-state index contributed by atoms with van der Waals surface area (Å²) in [6, 6.07) is 9.49. The number of carbonyl (C=O) groups excluding carboxylic acids is 1. The van der Waals surface area contributed by atoms with Crippen molar-refractivity contribution in [2.45, 2.75) is 31.7 Å². The molecule has 1 aliphatic rings. The van der Waals surface area contributed by atoms with E-state index in [9.17, 15) is 4.79 Å². The van der Waals surface area contributed by atoms with E-state index >= 15 is 0 Å². The molecule has 0 radical (unpaired) electrons. The Labute approximate surface area is 124 Å². The van der Waals surface area contributed by atoms with Crippen molar-refractivity contribution < 1.29 is 4.79 Å². The van der Waals surface area contributed by atoms with E-state index in [0.717, 1.165) is 37.1 Å². The molecule has 0 saturated heterocycles. The zero-order valence-electron chi connectivity index (χ0n) is 11.9. The van der Waals surface area contributed by atoms with Gasteiger partial charge in [0.15, 0.2) is 0 Å². The topological polar surface area (TPSA) is 72.9 Å². The number of hydrogen-bond donors (Lipinski definition) is 2. The zero-order valence-corrected chi connectivity index (χ0v) is 11.9. The number of amides is 1. The number of nitrogens with zero attached hydrogens (tertiary/aromatic N) is 2. The number of benzene rings is 1. The molecule has 2 unspecified atom stereocenters. The fourth-order valence-corrected chi connectivity index (χ4v) is 2.90. The second-order valence-corrected chi connectivity index (χ2v) is 5.51. The third-order valence-electron chi connectivity index (χ3n) is 4.07. The van der Waals surface area contributed by atoms with Crippen LogP contribution in [0.15, 0.2) is 42.7 Å². The first-order chi connectivity index (χ1) is 10.3. The van der Waals surface area contributed by atoms with E-state index in [2.05, 4.69) is 10.4 Å². The van der Waals surface area contributed by atoms with Crippen molar-refractivity contribution in [3.63, 3.8) is 0 Å². The average Bonchev–Trinajstić information content (AvgIpc) is 3.02. The number of rotatable bonds is 3. The van der Waals surface area contributed by atoms with Crippen LogP contribution in [0.1, 0.15) is 25.7 Å². The molecule has 5 nitrogen and oxygen atoms in total. The Kier molecular flexibility index (Phi) is 4.01. The van der Waals surface area contributed by atoms with Crippen LogP contribution in [0, 0.1) is 5.92 Å². The predicted molar refractivity (Wildman–Crippen MR) is 82.1 cm³/mol. The van der Waals surface area contributed by atoms with Crippen molar-refractivity contribution >= 4 is 11.6 Å². The summed E-state index contributed by atoms with van der Waals surface area (Å²) in [6.07, 6.45) is 7.57. The van der Waals surface area contributed by atoms with Crippen LogP contribution in [0.2, 0.25) is 0 Å². The Morgan fingerprint density at radius 3 is 2.81 bits per heavy atom. The fraction of sp³-hybridized carbons (Fsp3) is 0.375. The van der Waals surface area contributed by atoms with Crippen LogP contribution in [0.25, 0.3) is 5.69 Å². The standard InChI is InChI=1S/C16H20N4O/c17-13-7-2-1-6-12(13)16(21)19-14-8-3-4-9-15(14)20-11-5-10-18-20/h3-5,8-13H,1-2,6-7,17H2,(H,19,21). The van der Waals surface area contributed by atoms with Crippen molar-refractivity contribution in [2.75, 3.05) is 5.32 Å². The second-order valence-electron chi connectivity index (χ2n) is 5.51. The zero-order chi connectivity index (χ0) is 14.7. The Bertz CT molecular complexity index is 608. The molecule has 1 heterocycles. The van der Waals surface area contributed by atoms with E-state index in [4.69, 9.17) is 5.73 Å². The number of nitrogens with two attached hydrogens (primary N) is 1. The number of nitrogens with one attached hydrogen (secondary N) is 1. The van der Waals surface area contributed by atoms with Gasteiger partial charge >= 0.3 is 0 Å². The molecule has 0 spiro atoms. The minimum Gasteiger partial charge on any atom is -0.327 e. The summed E-state index contributed by atoms with van der Waals surface area (Å²) in [5, 5.41) is 7.24. The van der Waals surface area contributed by atoms with Gasteiger partial charge in [0.1, 0.15) is 0 Å². The number of para-hydroxylation sites is 2. The lowest BCUT2D eigenvalue weighted by Gasteiger charge is -2.27. The van der Waals surface area contributed by atoms with Gasteiger partial charge in [0, 0.05) is 18.4 Å². The van der Waals surface area contributed by atoms with Crippen LogP contribution in [0.3, 0.4) is 0 Å². The van der Waals surface area contributed by atoms with Gasteiger partial charge in [-0.1, -0.05) is 25.0 Å². The van der Waals surface area contributed by atoms with E-state index in [0.29, 0.717) is 0 Å². The molecule has 2 aromatic rings. The molecule has 3 N–H and O–H groups in total. The van der Waals surface area contributed by atoms with Gasteiger partial charge in [-0.3, -0.25) is 4.79 Å². The van der Waals surface area contributed by atoms with Crippen LogP contribution in [0.4, 0.5) is 5.69 Å². The first-order valence-electron chi connectivity index (χ1n) is 7.41. The number of anilines is 1. The first-order valence-corrected chi connectivity index (χ1v) is 7.41. The lowest BCUT2D eigenvalue weighted by atomic mass is 9.84. The minimum atomic E-state index is -0.0931. The van der Waals surface area contributed by atoms with E-state index in [1.54, 1.807) is 10.9 Å². The monoisotopic (exact) mass is 284 g/mol. The summed E-state index contributed by atoms with van der Waals surface area (Å²) in [4.78, 5) is 12.5. The molecule has 110 valence electrons. The van der Waals surface area contributed by atoms with Gasteiger partial charge in [-0.2, -0.15) is 5.10 Å². The molecule has 5 heteroatoms. The lowest BCUT2D eigenvalue weighted by Crippen LogP contribution is -2.40. The van der Waals surface area contributed by atoms with Gasteiger partial charge in [-0.25, -0.2) is 4.68 Å². The highest BCUT2D eigenvalue weighted by atomic mass is 16.1. The minimum absolute atomic E-state index is 0.0156. The van der Waals surface area contributed by atoms with Crippen molar-refractivity contribution in [3.8, 4) is 5.69 Å². The van der Waals surface area contributed by atoms with E-state index in [-0.39, 0.29) is 17.9 Å². The maximum atomic E-state index is 12.5. The lowest BCUT2D eigenvalue weighted by molar-refractivity contribution is -0.121. The summed E-state index contributed by atoms with van der Waals surface area (Å²) in [5.74, 6) is -0.0776. The molecule has 0 aliphatic heterocycles. The molecule has 1 fully saturated rings. The Hall–Kier alpha value is -2.14. The van der Waals surface area contributed by atoms with Crippen LogP contribution in [-0.2, 0) is 4.79 Å². The third kappa shape index (κ3) is 2.97. The molecule has 1 aliphatic carbocycles. The quantitative estimate of drug-likeness (QED) is 0.908. The van der Waals surface area contributed by atoms with E-state index < -0.39 is 0 Å². The van der Waals surface area contributed by atoms with Crippen LogP contribution >= 0.6 is 0 Å². The number of carbonyl (C=O) groups is 1. The van der Waals surface area contributed by atoms with Gasteiger partial charge in [-0.15, -0.1) is 0 Å². The molecule has 0 bridgehead atoms. The number of hydrogen-bond acceptors (Lipinski definition) is 3. The van der Waals surface area contributed by atoms with Gasteiger partial charge in [0.25, 0.3) is 0 Å². The highest BCUT2D eigenvalue weighted by molar-refractivity contribution is 5.94. The van der Waals surface area contributed by atoms with Crippen molar-refractivity contribution in [3.05, 3.63) is 42.7 Å². The van der Waals surface area contributed by atoms with Crippen molar-refractivity contribution in [1.29, 1.82) is 0 Å². The van der Waals surface area contributed by atoms with Crippen molar-refractivity contribution in [1.82, 2.24) is 9.78 Å². The molecule has 1 aromatic carbocycles. The molecule has 21 heavy (non-hydrogen) atoms. The van der Waals surface area contributed by atoms with Crippen LogP contribution < -0.4 is 11.1 Å². The van der Waals surface area contributed by atoms with Crippen LogP contribution in [-0.4, -0.2) is 21.7 Å². The Morgan fingerprint density at radius 1 is 1.24 bits per heavy atom. The molecular formula is C16H20N4O. The molecule has 2 atom stereocenters. The highest BCUT2D eigenvalue weighted by Gasteiger charge is 2.28. The van der Waals surface area contributed by atoms with E-state index in [1.165, 1.54) is 0 Å². The normalized spacial score (nSPS) is 22.0. The van der Waals surface area contributed by atoms with Crippen LogP contribution in [0.5, 0.6) is 0 Å². The first kappa shape index (κ1) is 13.8. The largest absolute Gasteiger partial charge is 0.327 e. The Balaban J connectivity index is 1.80. The summed E-state index contributed by atoms with van der Waals surface area (Å²) < 4.78 is 1.75. The molecule has 3 rings (SSSR count). The number of aromatic nitrogens is 2. The maximum absolute atomic E-state index is 12.5. The third-order valence-corrected chi connectivity index (χ3v) is 4.07. The highest BCUT2D eigenvalue weighted by Crippen LogP contribution is 2.26. The van der Waals surface area contributed by atoms with Gasteiger partial charge in [0.2, 0.25) is 5.91 Å². The summed E-state index contributed by atoms with van der Waals surface area (Å²) in [7, 11) is 0. The fourth-order valence-electron chi connectivity index (χ4n) is 2.90. The molecular weight excluding hydrogens is 264 g/mol. The molecule has 1 saturated carbocycles. The smallest absolute Gasteiger partial charge is 0.229 e. The summed E-state index contributed by atoms with van der Waals surface area (Å²) >= 11 is 0. The maximum Gasteiger partial charge on any atom is 0.229 e. The molecule has 1 aromatic heterocycles. The molecule has 1 amide bonds. The summed E-state index contributed by atoms with van der Waals surface area (Å²) in [6.45, 7) is 0. The van der Waals surface area contributed by atoms with Gasteiger partial charge in [-0.05, 0) is 31.0 Å². The average molecular weight is 284 g/mol. The van der Waals surface area contributed by atoms with Gasteiger partial charge < -0.3 is 11.1 Å². The van der Waals surface area contributed by atoms with Crippen molar-refractivity contribution in [2.24, 2.45) is 11.7 Å². The SMILES string of the molecule is NC1CCCCC1C(=O)Nc1ccccc1-n1cccn1.